The summed E-state index contributed by atoms with van der Waals surface area (Å²) in [5.74, 6) is -0.971. The van der Waals surface area contributed by atoms with E-state index in [0.29, 0.717) is 25.2 Å². The van der Waals surface area contributed by atoms with E-state index in [1.165, 1.54) is 5.70 Å². The monoisotopic (exact) mass is 322 g/mol. The van der Waals surface area contributed by atoms with Crippen LogP contribution in [-0.4, -0.2) is 45.3 Å². The molecular formula is C16H27BN2O4. The molecule has 0 aromatic heterocycles. The van der Waals surface area contributed by atoms with E-state index in [0.717, 1.165) is 32.1 Å². The van der Waals surface area contributed by atoms with Gasteiger partial charge in [0.05, 0.1) is 12.1 Å². The van der Waals surface area contributed by atoms with Crippen LogP contribution in [-0.2, 0) is 4.79 Å². The Labute approximate surface area is 137 Å². The van der Waals surface area contributed by atoms with Crippen molar-refractivity contribution in [3.63, 3.8) is 0 Å². The Morgan fingerprint density at radius 1 is 1.39 bits per heavy atom. The minimum absolute atomic E-state index is 0.0232. The molecule has 6 nitrogen and oxygen atoms in total. The van der Waals surface area contributed by atoms with Crippen LogP contribution in [0.4, 0.5) is 0 Å². The van der Waals surface area contributed by atoms with Gasteiger partial charge in [0.2, 0.25) is 0 Å². The Morgan fingerprint density at radius 3 is 2.70 bits per heavy atom. The number of carboxylic acids is 1. The molecule has 7 heteroatoms. The molecule has 1 aliphatic carbocycles. The highest BCUT2D eigenvalue weighted by Gasteiger charge is 2.44. The van der Waals surface area contributed by atoms with Crippen molar-refractivity contribution >= 4 is 13.1 Å². The van der Waals surface area contributed by atoms with Crippen LogP contribution in [0.1, 0.15) is 44.9 Å². The molecule has 2 heterocycles. The molecule has 2 fully saturated rings. The summed E-state index contributed by atoms with van der Waals surface area (Å²) in [7, 11) is -1.30. The third kappa shape index (κ3) is 3.41. The summed E-state index contributed by atoms with van der Waals surface area (Å²) in [5.41, 5.74) is 7.82. The maximum atomic E-state index is 11.8. The van der Waals surface area contributed by atoms with Crippen molar-refractivity contribution in [1.29, 1.82) is 0 Å². The molecule has 23 heavy (non-hydrogen) atoms. The first kappa shape index (κ1) is 16.8. The van der Waals surface area contributed by atoms with Gasteiger partial charge in [-0.2, -0.15) is 0 Å². The second kappa shape index (κ2) is 6.83. The van der Waals surface area contributed by atoms with Crippen molar-refractivity contribution in [3.05, 3.63) is 11.8 Å². The van der Waals surface area contributed by atoms with Gasteiger partial charge in [0.1, 0.15) is 0 Å². The maximum absolute atomic E-state index is 11.8. The van der Waals surface area contributed by atoms with Crippen molar-refractivity contribution < 1.29 is 19.9 Å². The Morgan fingerprint density at radius 2 is 2.17 bits per heavy atom. The molecule has 0 spiro atoms. The lowest BCUT2D eigenvalue weighted by atomic mass is 9.69. The number of hydrogen-bond donors (Lipinski definition) is 4. The summed E-state index contributed by atoms with van der Waals surface area (Å²) in [6.45, 7) is 0. The molecule has 2 aliphatic heterocycles. The van der Waals surface area contributed by atoms with Gasteiger partial charge in [0.25, 0.3) is 0 Å². The SMILES string of the molecule is NC([C@@H]1CC[C@@H](CCB(O)O)C[C@@H]1C(=O)O)N1C2=CCC1CC2. The average Bonchev–Trinajstić information content (AvgIpc) is 3.12. The topological polar surface area (TPSA) is 107 Å². The third-order valence-electron chi connectivity index (χ3n) is 6.01. The lowest BCUT2D eigenvalue weighted by Gasteiger charge is -2.42. The molecule has 3 aliphatic rings. The Bertz CT molecular complexity index is 485. The lowest BCUT2D eigenvalue weighted by molar-refractivity contribution is -0.147. The summed E-state index contributed by atoms with van der Waals surface area (Å²) in [6.07, 6.45) is 8.60. The molecule has 0 amide bonds. The van der Waals surface area contributed by atoms with Crippen LogP contribution in [0.3, 0.4) is 0 Å². The quantitative estimate of drug-likeness (QED) is 0.544. The summed E-state index contributed by atoms with van der Waals surface area (Å²) in [6, 6.07) is 0.469. The smallest absolute Gasteiger partial charge is 0.451 e. The summed E-state index contributed by atoms with van der Waals surface area (Å²) in [5, 5.41) is 27.7. The summed E-state index contributed by atoms with van der Waals surface area (Å²) < 4.78 is 0. The second-order valence-electron chi connectivity index (χ2n) is 7.37. The van der Waals surface area contributed by atoms with E-state index in [2.05, 4.69) is 11.0 Å². The normalized spacial score (nSPS) is 34.4. The van der Waals surface area contributed by atoms with Gasteiger partial charge in [0.15, 0.2) is 0 Å². The second-order valence-corrected chi connectivity index (χ2v) is 7.37. The predicted molar refractivity (Wildman–Crippen MR) is 87.1 cm³/mol. The van der Waals surface area contributed by atoms with Gasteiger partial charge >= 0.3 is 13.1 Å². The molecule has 3 rings (SSSR count). The zero-order valence-corrected chi connectivity index (χ0v) is 13.5. The predicted octanol–water partition coefficient (Wildman–Crippen LogP) is 1.00. The summed E-state index contributed by atoms with van der Waals surface area (Å²) >= 11 is 0. The zero-order valence-electron chi connectivity index (χ0n) is 13.5. The van der Waals surface area contributed by atoms with E-state index < -0.39 is 19.0 Å². The molecule has 1 saturated heterocycles. The minimum Gasteiger partial charge on any atom is -0.481 e. The fraction of sp³-hybridized carbons (Fsp3) is 0.812. The molecule has 2 unspecified atom stereocenters. The molecule has 5 N–H and O–H groups in total. The number of hydrogen-bond acceptors (Lipinski definition) is 5. The minimum atomic E-state index is -1.30. The number of carbonyl (C=O) groups is 1. The Balaban J connectivity index is 1.65. The van der Waals surface area contributed by atoms with Crippen LogP contribution in [0, 0.1) is 17.8 Å². The standard InChI is InChI=1S/C16H27BN2O4/c18-15(19-11-2-3-12(19)5-4-11)13-6-1-10(7-8-17(22)23)9-14(13)16(20)21/h2,10,12-15,22-23H,1,3-9,18H2,(H,20,21)/t10-,12?,13+,14-,15?/m0/s1. The first-order valence-corrected chi connectivity index (χ1v) is 8.79. The Hall–Kier alpha value is -1.05. The number of nitrogens with zero attached hydrogens (tertiary/aromatic N) is 1. The molecule has 0 aromatic carbocycles. The van der Waals surface area contributed by atoms with Crippen molar-refractivity contribution in [2.24, 2.45) is 23.5 Å². The van der Waals surface area contributed by atoms with Crippen LogP contribution in [0.5, 0.6) is 0 Å². The maximum Gasteiger partial charge on any atom is 0.451 e. The van der Waals surface area contributed by atoms with Crippen molar-refractivity contribution in [2.75, 3.05) is 0 Å². The Kier molecular flexibility index (Phi) is 4.99. The zero-order chi connectivity index (χ0) is 16.6. The van der Waals surface area contributed by atoms with E-state index in [4.69, 9.17) is 15.8 Å². The van der Waals surface area contributed by atoms with Crippen molar-refractivity contribution in [1.82, 2.24) is 4.90 Å². The highest BCUT2D eigenvalue weighted by Crippen LogP contribution is 2.43. The molecule has 128 valence electrons. The third-order valence-corrected chi connectivity index (χ3v) is 6.01. The average molecular weight is 322 g/mol. The lowest BCUT2D eigenvalue weighted by Crippen LogP contribution is -2.52. The number of allylic oxidation sites excluding steroid dienone is 1. The van der Waals surface area contributed by atoms with Crippen LogP contribution < -0.4 is 5.73 Å². The van der Waals surface area contributed by atoms with Gasteiger partial charge in [-0.15, -0.1) is 0 Å². The van der Waals surface area contributed by atoms with Gasteiger partial charge < -0.3 is 25.8 Å². The van der Waals surface area contributed by atoms with Crippen molar-refractivity contribution in [3.8, 4) is 0 Å². The number of aliphatic carboxylic acids is 1. The van der Waals surface area contributed by atoms with E-state index in [1.807, 2.05) is 0 Å². The van der Waals surface area contributed by atoms with Crippen molar-refractivity contribution in [2.45, 2.75) is 63.5 Å². The molecule has 0 radical (unpaired) electrons. The molecule has 2 bridgehead atoms. The van der Waals surface area contributed by atoms with Gasteiger partial charge in [-0.3, -0.25) is 4.79 Å². The van der Waals surface area contributed by atoms with Gasteiger partial charge in [-0.1, -0.05) is 18.9 Å². The fourth-order valence-electron chi connectivity index (χ4n) is 4.79. The number of fused-ring (bicyclic) bond motifs is 2. The van der Waals surface area contributed by atoms with Crippen LogP contribution in [0.25, 0.3) is 0 Å². The summed E-state index contributed by atoms with van der Waals surface area (Å²) in [4.78, 5) is 14.0. The molecular weight excluding hydrogens is 295 g/mol. The van der Waals surface area contributed by atoms with Gasteiger partial charge in [-0.25, -0.2) is 0 Å². The van der Waals surface area contributed by atoms with Crippen LogP contribution in [0.15, 0.2) is 11.8 Å². The van der Waals surface area contributed by atoms with Gasteiger partial charge in [0, 0.05) is 17.7 Å². The molecule has 1 saturated carbocycles. The molecule has 5 atom stereocenters. The first-order chi connectivity index (χ1) is 11.0. The van der Waals surface area contributed by atoms with Gasteiger partial charge in [-0.05, 0) is 44.3 Å². The number of rotatable bonds is 6. The number of nitrogens with two attached hydrogens (primary N) is 1. The highest BCUT2D eigenvalue weighted by molar-refractivity contribution is 6.40. The highest BCUT2D eigenvalue weighted by atomic mass is 16.4. The van der Waals surface area contributed by atoms with Crippen LogP contribution >= 0.6 is 0 Å². The number of carboxylic acid groups (broad SMARTS) is 1. The fourth-order valence-corrected chi connectivity index (χ4v) is 4.79. The first-order valence-electron chi connectivity index (χ1n) is 8.79. The van der Waals surface area contributed by atoms with E-state index in [-0.39, 0.29) is 18.0 Å². The van der Waals surface area contributed by atoms with Crippen LogP contribution in [0.2, 0.25) is 6.32 Å². The largest absolute Gasteiger partial charge is 0.481 e. The van der Waals surface area contributed by atoms with E-state index in [1.54, 1.807) is 0 Å². The van der Waals surface area contributed by atoms with E-state index >= 15 is 0 Å². The van der Waals surface area contributed by atoms with E-state index in [9.17, 15) is 9.90 Å². The molecule has 0 aromatic rings.